The van der Waals surface area contributed by atoms with E-state index in [1.807, 2.05) is 12.2 Å². The van der Waals surface area contributed by atoms with Crippen molar-refractivity contribution in [3.8, 4) is 5.75 Å². The summed E-state index contributed by atoms with van der Waals surface area (Å²) in [6.45, 7) is 2.83. The molecule has 1 aromatic heterocycles. The zero-order valence-corrected chi connectivity index (χ0v) is 16.5. The average molecular weight is 411 g/mol. The number of rotatable bonds is 5. The van der Waals surface area contributed by atoms with Crippen LogP contribution in [0.4, 0.5) is 0 Å². The zero-order chi connectivity index (χ0) is 17.2. The largest absolute Gasteiger partial charge is 0.486 e. The fourth-order valence-electron chi connectivity index (χ4n) is 3.49. The van der Waals surface area contributed by atoms with Crippen LogP contribution in [0.3, 0.4) is 0 Å². The van der Waals surface area contributed by atoms with Gasteiger partial charge in [0.25, 0.3) is 0 Å². The maximum absolute atomic E-state index is 12.3. The van der Waals surface area contributed by atoms with E-state index in [4.69, 9.17) is 14.9 Å². The fraction of sp³-hybridized carbons (Fsp3) is 0.350. The number of ether oxygens (including phenoxy) is 1. The SMILES string of the molecule is Cl.Cl.N[C@H]1C=C[C@@H](COc2coc(CN3Cc4ccccc4C3)cc2=O)C1. The summed E-state index contributed by atoms with van der Waals surface area (Å²) < 4.78 is 11.2. The molecule has 2 aromatic rings. The Hall–Kier alpha value is -1.79. The Balaban J connectivity index is 0.00000131. The standard InChI is InChI=1S/C20H22N2O3.2ClH/c21-17-6-5-14(7-17)12-25-20-13-24-18(8-19(20)23)11-22-9-15-3-1-2-4-16(15)10-22;;/h1-6,8,13-14,17H,7,9-12,21H2;2*1H/t14-,17+;;/m1../s1. The van der Waals surface area contributed by atoms with Crippen molar-refractivity contribution in [1.29, 1.82) is 0 Å². The Bertz CT molecular complexity index is 828. The summed E-state index contributed by atoms with van der Waals surface area (Å²) in [7, 11) is 0. The van der Waals surface area contributed by atoms with Crippen molar-refractivity contribution >= 4 is 24.8 Å². The van der Waals surface area contributed by atoms with E-state index in [9.17, 15) is 4.79 Å². The van der Waals surface area contributed by atoms with Gasteiger partial charge in [-0.1, -0.05) is 36.4 Å². The number of fused-ring (bicyclic) bond motifs is 1. The number of nitrogens with two attached hydrogens (primary N) is 1. The molecule has 2 aliphatic rings. The summed E-state index contributed by atoms with van der Waals surface area (Å²) in [4.78, 5) is 14.5. The summed E-state index contributed by atoms with van der Waals surface area (Å²) in [6, 6.07) is 10.0. The highest BCUT2D eigenvalue weighted by Crippen LogP contribution is 2.24. The molecule has 0 bridgehead atoms. The van der Waals surface area contributed by atoms with Gasteiger partial charge in [-0.05, 0) is 17.5 Å². The van der Waals surface area contributed by atoms with E-state index in [0.717, 1.165) is 19.5 Å². The van der Waals surface area contributed by atoms with E-state index in [2.05, 4.69) is 29.2 Å². The first-order valence-electron chi connectivity index (χ1n) is 8.65. The van der Waals surface area contributed by atoms with Crippen LogP contribution in [0, 0.1) is 5.92 Å². The molecule has 0 amide bonds. The van der Waals surface area contributed by atoms with Crippen LogP contribution in [0.5, 0.6) is 5.75 Å². The van der Waals surface area contributed by atoms with Gasteiger partial charge in [0, 0.05) is 31.1 Å². The first-order chi connectivity index (χ1) is 12.2. The Labute approximate surface area is 171 Å². The quantitative estimate of drug-likeness (QED) is 0.765. The lowest BCUT2D eigenvalue weighted by molar-refractivity contribution is 0.236. The molecule has 5 nitrogen and oxygen atoms in total. The predicted molar refractivity (Wildman–Crippen MR) is 110 cm³/mol. The summed E-state index contributed by atoms with van der Waals surface area (Å²) in [5, 5.41) is 0. The van der Waals surface area contributed by atoms with Crippen LogP contribution in [-0.4, -0.2) is 17.5 Å². The van der Waals surface area contributed by atoms with Crippen molar-refractivity contribution < 1.29 is 9.15 Å². The van der Waals surface area contributed by atoms with Crippen LogP contribution < -0.4 is 15.9 Å². The highest BCUT2D eigenvalue weighted by Gasteiger charge is 2.20. The third-order valence-electron chi connectivity index (χ3n) is 4.80. The van der Waals surface area contributed by atoms with Gasteiger partial charge in [-0.15, -0.1) is 24.8 Å². The third-order valence-corrected chi connectivity index (χ3v) is 4.80. The van der Waals surface area contributed by atoms with Gasteiger partial charge >= 0.3 is 0 Å². The molecular formula is C20H24Cl2N2O3. The normalized spacial score (nSPS) is 20.6. The van der Waals surface area contributed by atoms with Crippen LogP contribution in [-0.2, 0) is 19.6 Å². The van der Waals surface area contributed by atoms with Gasteiger partial charge < -0.3 is 14.9 Å². The highest BCUT2D eigenvalue weighted by atomic mass is 35.5. The predicted octanol–water partition coefficient (Wildman–Crippen LogP) is 3.28. The van der Waals surface area contributed by atoms with Crippen molar-refractivity contribution in [1.82, 2.24) is 4.90 Å². The summed E-state index contributed by atoms with van der Waals surface area (Å²) in [6.07, 6.45) is 6.32. The first kappa shape index (κ1) is 21.5. The first-order valence-corrected chi connectivity index (χ1v) is 8.65. The molecule has 0 fully saturated rings. The second-order valence-electron chi connectivity index (χ2n) is 6.84. The van der Waals surface area contributed by atoms with Crippen LogP contribution in [0.15, 0.2) is 58.0 Å². The van der Waals surface area contributed by atoms with E-state index in [1.165, 1.54) is 23.5 Å². The minimum absolute atomic E-state index is 0. The molecule has 2 N–H and O–H groups in total. The maximum Gasteiger partial charge on any atom is 0.227 e. The molecule has 1 aromatic carbocycles. The lowest BCUT2D eigenvalue weighted by atomic mass is 10.1. The van der Waals surface area contributed by atoms with Crippen LogP contribution in [0.2, 0.25) is 0 Å². The Morgan fingerprint density at radius 2 is 1.85 bits per heavy atom. The van der Waals surface area contributed by atoms with E-state index >= 15 is 0 Å². The van der Waals surface area contributed by atoms with Gasteiger partial charge in [0.2, 0.25) is 11.2 Å². The van der Waals surface area contributed by atoms with Crippen molar-refractivity contribution in [2.24, 2.45) is 11.7 Å². The number of nitrogens with zero attached hydrogens (tertiary/aromatic N) is 1. The summed E-state index contributed by atoms with van der Waals surface area (Å²) in [5.74, 6) is 1.19. The molecule has 0 unspecified atom stereocenters. The molecule has 146 valence electrons. The zero-order valence-electron chi connectivity index (χ0n) is 14.9. The van der Waals surface area contributed by atoms with E-state index < -0.39 is 0 Å². The molecule has 1 aliphatic carbocycles. The molecule has 0 saturated heterocycles. The molecular weight excluding hydrogens is 387 g/mol. The number of halogens is 2. The molecule has 1 aliphatic heterocycles. The van der Waals surface area contributed by atoms with E-state index in [0.29, 0.717) is 18.9 Å². The van der Waals surface area contributed by atoms with Crippen LogP contribution in [0.1, 0.15) is 23.3 Å². The Kier molecular flexibility index (Phi) is 7.50. The molecule has 0 radical (unpaired) electrons. The van der Waals surface area contributed by atoms with Gasteiger partial charge in [0.05, 0.1) is 13.2 Å². The molecule has 27 heavy (non-hydrogen) atoms. The van der Waals surface area contributed by atoms with Crippen molar-refractivity contribution in [2.75, 3.05) is 6.61 Å². The van der Waals surface area contributed by atoms with Crippen molar-refractivity contribution in [2.45, 2.75) is 32.1 Å². The molecule has 2 heterocycles. The Morgan fingerprint density at radius 1 is 1.15 bits per heavy atom. The number of benzene rings is 1. The van der Waals surface area contributed by atoms with Crippen LogP contribution >= 0.6 is 24.8 Å². The third kappa shape index (κ3) is 5.14. The fourth-order valence-corrected chi connectivity index (χ4v) is 3.49. The summed E-state index contributed by atoms with van der Waals surface area (Å²) >= 11 is 0. The van der Waals surface area contributed by atoms with E-state index in [-0.39, 0.29) is 48.0 Å². The second-order valence-corrected chi connectivity index (χ2v) is 6.84. The van der Waals surface area contributed by atoms with Crippen LogP contribution in [0.25, 0.3) is 0 Å². The molecule has 0 spiro atoms. The van der Waals surface area contributed by atoms with Crippen molar-refractivity contribution in [3.05, 3.63) is 75.9 Å². The Morgan fingerprint density at radius 3 is 2.44 bits per heavy atom. The smallest absolute Gasteiger partial charge is 0.227 e. The lowest BCUT2D eigenvalue weighted by Crippen LogP contribution is -2.20. The van der Waals surface area contributed by atoms with Gasteiger partial charge in [-0.3, -0.25) is 9.69 Å². The van der Waals surface area contributed by atoms with E-state index in [1.54, 1.807) is 0 Å². The van der Waals surface area contributed by atoms with Gasteiger partial charge in [-0.25, -0.2) is 0 Å². The second kappa shape index (κ2) is 9.42. The van der Waals surface area contributed by atoms with Crippen molar-refractivity contribution in [3.63, 3.8) is 0 Å². The maximum atomic E-state index is 12.3. The van der Waals surface area contributed by atoms with Gasteiger partial charge in [-0.2, -0.15) is 0 Å². The monoisotopic (exact) mass is 410 g/mol. The molecule has 4 rings (SSSR count). The molecule has 0 saturated carbocycles. The summed E-state index contributed by atoms with van der Waals surface area (Å²) in [5.41, 5.74) is 8.37. The average Bonchev–Trinajstić information content (AvgIpc) is 3.19. The topological polar surface area (TPSA) is 68.7 Å². The highest BCUT2D eigenvalue weighted by molar-refractivity contribution is 5.85. The molecule has 7 heteroatoms. The molecule has 2 atom stereocenters. The number of hydrogen-bond acceptors (Lipinski definition) is 5. The minimum Gasteiger partial charge on any atom is -0.486 e. The lowest BCUT2D eigenvalue weighted by Gasteiger charge is -2.14. The van der Waals surface area contributed by atoms with Gasteiger partial charge in [0.15, 0.2) is 0 Å². The number of hydrogen-bond donors (Lipinski definition) is 1. The minimum atomic E-state index is -0.135. The van der Waals surface area contributed by atoms with Gasteiger partial charge in [0.1, 0.15) is 12.0 Å².